The number of fused-ring (bicyclic) bond motifs is 2. The van der Waals surface area contributed by atoms with Gasteiger partial charge in [0, 0.05) is 5.92 Å². The zero-order chi connectivity index (χ0) is 18.0. The van der Waals surface area contributed by atoms with Crippen LogP contribution in [-0.2, 0) is 14.3 Å². The molecular weight excluding hydrogens is 320 g/mol. The minimum absolute atomic E-state index is 0.0139. The van der Waals surface area contributed by atoms with E-state index in [0.29, 0.717) is 18.4 Å². The molecule has 2 aliphatic heterocycles. The molecule has 0 aromatic carbocycles. The number of hydrogen-bond donors (Lipinski definition) is 2. The molecule has 4 aliphatic carbocycles. The maximum absolute atomic E-state index is 13.2. The molecule has 0 aromatic heterocycles. The lowest BCUT2D eigenvalue weighted by Crippen LogP contribution is -2.82. The summed E-state index contributed by atoms with van der Waals surface area (Å²) in [6.07, 6.45) is 4.04. The third-order valence-electron chi connectivity index (χ3n) is 8.14. The Labute approximate surface area is 146 Å². The van der Waals surface area contributed by atoms with Crippen molar-refractivity contribution in [2.24, 2.45) is 34.0 Å². The van der Waals surface area contributed by atoms with Gasteiger partial charge in [-0.1, -0.05) is 26.5 Å². The normalized spacial score (nSPS) is 55.3. The molecule has 4 bridgehead atoms. The van der Waals surface area contributed by atoms with E-state index in [0.717, 1.165) is 6.42 Å². The number of Topliss-reactive ketones (excluding diaryl/α,β-unsaturated/α-hetero) is 1. The van der Waals surface area contributed by atoms with Gasteiger partial charge >= 0.3 is 0 Å². The largest absolute Gasteiger partial charge is 0.387 e. The van der Waals surface area contributed by atoms with Crippen LogP contribution in [0.5, 0.6) is 0 Å². The zero-order valence-corrected chi connectivity index (χ0v) is 14.6. The van der Waals surface area contributed by atoms with Gasteiger partial charge in [-0.25, -0.2) is 0 Å². The average molecular weight is 344 g/mol. The summed E-state index contributed by atoms with van der Waals surface area (Å²) in [5.41, 5.74) is -2.14. The summed E-state index contributed by atoms with van der Waals surface area (Å²) >= 11 is 0. The highest BCUT2D eigenvalue weighted by molar-refractivity contribution is 6.06. The van der Waals surface area contributed by atoms with Crippen LogP contribution in [0.4, 0.5) is 0 Å². The zero-order valence-electron chi connectivity index (χ0n) is 14.6. The molecule has 3 saturated carbocycles. The summed E-state index contributed by atoms with van der Waals surface area (Å²) in [7, 11) is 0. The Kier molecular flexibility index (Phi) is 2.65. The highest BCUT2D eigenvalue weighted by Gasteiger charge is 2.84. The smallest absolute Gasteiger partial charge is 0.205 e. The second-order valence-corrected chi connectivity index (χ2v) is 9.32. The summed E-state index contributed by atoms with van der Waals surface area (Å²) in [6.45, 7) is 7.97. The number of ketones is 2. The van der Waals surface area contributed by atoms with E-state index in [1.54, 1.807) is 6.08 Å². The van der Waals surface area contributed by atoms with Crippen LogP contribution in [0.25, 0.3) is 0 Å². The van der Waals surface area contributed by atoms with E-state index in [2.05, 4.69) is 6.58 Å². The summed E-state index contributed by atoms with van der Waals surface area (Å²) in [4.78, 5) is 26.4. The predicted octanol–water partition coefficient (Wildman–Crippen LogP) is 1.39. The number of hydrogen-bond acceptors (Lipinski definition) is 5. The second kappa shape index (κ2) is 4.16. The predicted molar refractivity (Wildman–Crippen MR) is 88.2 cm³/mol. The van der Waals surface area contributed by atoms with Crippen LogP contribution in [0.15, 0.2) is 24.3 Å². The molecule has 6 aliphatic rings. The van der Waals surface area contributed by atoms with Gasteiger partial charge in [0.15, 0.2) is 11.6 Å². The van der Waals surface area contributed by atoms with Crippen molar-refractivity contribution < 1.29 is 24.5 Å². The lowest BCUT2D eigenvalue weighted by molar-refractivity contribution is -0.422. The van der Waals surface area contributed by atoms with E-state index in [-0.39, 0.29) is 30.0 Å². The van der Waals surface area contributed by atoms with E-state index in [9.17, 15) is 19.8 Å². The summed E-state index contributed by atoms with van der Waals surface area (Å²) < 4.78 is 5.80. The molecule has 2 spiro atoms. The van der Waals surface area contributed by atoms with Crippen LogP contribution in [0.1, 0.15) is 33.1 Å². The standard InChI is InChI=1S/C20H24O5/c1-10-11-4-5-12-18-9-25-20(24,19(12,8-11)15(10)22)16(23)14(18)17(2,3)7-6-13(18)21/h6-7,11-12,14,16,23-24H,1,4-5,8-9H2,2-3H3/t11-,12-,14+,16-,18+,19-,20?/m1/s1. The molecule has 25 heavy (non-hydrogen) atoms. The molecule has 0 aromatic rings. The third-order valence-corrected chi connectivity index (χ3v) is 8.14. The molecule has 134 valence electrons. The van der Waals surface area contributed by atoms with Crippen molar-refractivity contribution in [1.29, 1.82) is 0 Å². The summed E-state index contributed by atoms with van der Waals surface area (Å²) in [6, 6.07) is 0. The Bertz CT molecular complexity index is 766. The van der Waals surface area contributed by atoms with Crippen molar-refractivity contribution in [2.75, 3.05) is 6.61 Å². The Balaban J connectivity index is 1.82. The lowest BCUT2D eigenvalue weighted by Gasteiger charge is -2.71. The van der Waals surface area contributed by atoms with Crippen molar-refractivity contribution in [3.05, 3.63) is 24.3 Å². The van der Waals surface area contributed by atoms with E-state index in [1.807, 2.05) is 19.9 Å². The molecule has 2 heterocycles. The molecule has 7 atom stereocenters. The van der Waals surface area contributed by atoms with Crippen molar-refractivity contribution >= 4 is 11.6 Å². The number of allylic oxidation sites excluding steroid dienone is 3. The Morgan fingerprint density at radius 3 is 2.72 bits per heavy atom. The van der Waals surface area contributed by atoms with Crippen LogP contribution < -0.4 is 0 Å². The molecule has 2 saturated heterocycles. The highest BCUT2D eigenvalue weighted by atomic mass is 16.6. The summed E-state index contributed by atoms with van der Waals surface area (Å²) in [5.74, 6) is -3.00. The Hall–Kier alpha value is -1.30. The second-order valence-electron chi connectivity index (χ2n) is 9.32. The first-order chi connectivity index (χ1) is 11.6. The van der Waals surface area contributed by atoms with Crippen molar-refractivity contribution in [1.82, 2.24) is 0 Å². The number of carbonyl (C=O) groups is 2. The molecule has 5 fully saturated rings. The van der Waals surface area contributed by atoms with E-state index < -0.39 is 34.1 Å². The Morgan fingerprint density at radius 1 is 1.28 bits per heavy atom. The fourth-order valence-electron chi connectivity index (χ4n) is 7.16. The van der Waals surface area contributed by atoms with Gasteiger partial charge < -0.3 is 14.9 Å². The minimum atomic E-state index is -1.94. The molecule has 6 rings (SSSR count). The van der Waals surface area contributed by atoms with Crippen LogP contribution in [-0.4, -0.2) is 40.3 Å². The first kappa shape index (κ1) is 15.9. The van der Waals surface area contributed by atoms with Gasteiger partial charge in [-0.2, -0.15) is 0 Å². The number of aliphatic hydroxyl groups is 2. The average Bonchev–Trinajstić information content (AvgIpc) is 2.75. The van der Waals surface area contributed by atoms with Gasteiger partial charge in [-0.15, -0.1) is 0 Å². The van der Waals surface area contributed by atoms with Crippen LogP contribution in [0, 0.1) is 34.0 Å². The topological polar surface area (TPSA) is 83.8 Å². The molecule has 2 N–H and O–H groups in total. The van der Waals surface area contributed by atoms with Gasteiger partial charge in [0.2, 0.25) is 5.79 Å². The molecule has 0 radical (unpaired) electrons. The third kappa shape index (κ3) is 1.36. The van der Waals surface area contributed by atoms with Gasteiger partial charge in [-0.05, 0) is 48.2 Å². The molecule has 5 heteroatoms. The van der Waals surface area contributed by atoms with Crippen LogP contribution in [0.2, 0.25) is 0 Å². The number of aliphatic hydroxyl groups excluding tert-OH is 1. The fraction of sp³-hybridized carbons (Fsp3) is 0.700. The number of ether oxygens (including phenoxy) is 1. The molecule has 0 amide bonds. The van der Waals surface area contributed by atoms with Crippen molar-refractivity contribution in [3.63, 3.8) is 0 Å². The van der Waals surface area contributed by atoms with Gasteiger partial charge in [0.25, 0.3) is 0 Å². The maximum Gasteiger partial charge on any atom is 0.205 e. The van der Waals surface area contributed by atoms with Crippen LogP contribution >= 0.6 is 0 Å². The Morgan fingerprint density at radius 2 is 2.00 bits per heavy atom. The number of rotatable bonds is 0. The maximum atomic E-state index is 13.2. The number of carbonyl (C=O) groups excluding carboxylic acids is 2. The van der Waals surface area contributed by atoms with E-state index in [4.69, 9.17) is 4.74 Å². The van der Waals surface area contributed by atoms with E-state index >= 15 is 0 Å². The van der Waals surface area contributed by atoms with Gasteiger partial charge in [0.1, 0.15) is 6.10 Å². The first-order valence-electron chi connectivity index (χ1n) is 9.14. The lowest BCUT2D eigenvalue weighted by atomic mass is 9.37. The first-order valence-corrected chi connectivity index (χ1v) is 9.14. The SMILES string of the molecule is C=C1C(=O)[C@@]23C[C@H]1CC[C@@H]2[C@]12COC3(O)[C@H](O)[C@H]1C(C)(C)C=CC2=O. The molecular formula is C20H24O5. The summed E-state index contributed by atoms with van der Waals surface area (Å²) in [5, 5.41) is 22.7. The molecule has 5 nitrogen and oxygen atoms in total. The van der Waals surface area contributed by atoms with E-state index in [1.165, 1.54) is 0 Å². The van der Waals surface area contributed by atoms with Crippen molar-refractivity contribution in [2.45, 2.75) is 45.0 Å². The fourth-order valence-corrected chi connectivity index (χ4v) is 7.16. The monoisotopic (exact) mass is 344 g/mol. The van der Waals surface area contributed by atoms with Crippen LogP contribution in [0.3, 0.4) is 0 Å². The highest BCUT2D eigenvalue weighted by Crippen LogP contribution is 2.75. The van der Waals surface area contributed by atoms with Crippen molar-refractivity contribution in [3.8, 4) is 0 Å². The molecule has 1 unspecified atom stereocenters. The van der Waals surface area contributed by atoms with Gasteiger partial charge in [-0.3, -0.25) is 9.59 Å². The minimum Gasteiger partial charge on any atom is -0.387 e. The van der Waals surface area contributed by atoms with Gasteiger partial charge in [0.05, 0.1) is 17.4 Å². The quantitative estimate of drug-likeness (QED) is 0.649.